The lowest BCUT2D eigenvalue weighted by Crippen LogP contribution is -2.56. The minimum Gasteiger partial charge on any atom is -0.396 e. The summed E-state index contributed by atoms with van der Waals surface area (Å²) in [6.07, 6.45) is 10.6. The van der Waals surface area contributed by atoms with Gasteiger partial charge in [0.05, 0.1) is 5.60 Å². The summed E-state index contributed by atoms with van der Waals surface area (Å²) in [5, 5.41) is 21.5. The summed E-state index contributed by atoms with van der Waals surface area (Å²) in [7, 11) is 0. The van der Waals surface area contributed by atoms with E-state index >= 15 is 0 Å². The van der Waals surface area contributed by atoms with Crippen LogP contribution in [0.2, 0.25) is 0 Å². The van der Waals surface area contributed by atoms with E-state index in [1.165, 1.54) is 17.3 Å². The number of ketones is 1. The van der Waals surface area contributed by atoms with Crippen molar-refractivity contribution in [3.63, 3.8) is 0 Å². The molecular weight excluding hydrogens is 384 g/mol. The highest BCUT2D eigenvalue weighted by Gasteiger charge is 2.64. The van der Waals surface area contributed by atoms with Crippen LogP contribution in [0, 0.1) is 29.1 Å². The van der Waals surface area contributed by atoms with Crippen molar-refractivity contribution >= 4 is 22.7 Å². The summed E-state index contributed by atoms with van der Waals surface area (Å²) in [5.74, 6) is 2.15. The van der Waals surface area contributed by atoms with Gasteiger partial charge in [-0.15, -0.1) is 0 Å². The van der Waals surface area contributed by atoms with Gasteiger partial charge in [0.1, 0.15) is 0 Å². The van der Waals surface area contributed by atoms with Crippen LogP contribution in [0.4, 0.5) is 0 Å². The molecule has 3 saturated carbocycles. The lowest BCUT2D eigenvalue weighted by atomic mass is 9.49. The van der Waals surface area contributed by atoms with Crippen LogP contribution in [0.1, 0.15) is 78.1 Å². The zero-order valence-corrected chi connectivity index (χ0v) is 18.7. The first-order chi connectivity index (χ1) is 13.8. The molecule has 4 aliphatic rings. The fourth-order valence-corrected chi connectivity index (χ4v) is 9.20. The summed E-state index contributed by atoms with van der Waals surface area (Å²) in [6.45, 7) is 4.02. The second-order valence-electron chi connectivity index (χ2n) is 9.98. The van der Waals surface area contributed by atoms with Crippen LogP contribution in [0.15, 0.2) is 11.6 Å². The van der Waals surface area contributed by atoms with Gasteiger partial charge in [0.15, 0.2) is 10.9 Å². The van der Waals surface area contributed by atoms with Crippen LogP contribution in [0.25, 0.3) is 0 Å². The van der Waals surface area contributed by atoms with Crippen LogP contribution in [-0.4, -0.2) is 38.6 Å². The van der Waals surface area contributed by atoms with Gasteiger partial charge < -0.3 is 10.2 Å². The molecule has 0 aromatic rings. The van der Waals surface area contributed by atoms with E-state index in [9.17, 15) is 19.8 Å². The molecule has 0 saturated heterocycles. The average molecular weight is 421 g/mol. The number of rotatable bonds is 5. The van der Waals surface area contributed by atoms with E-state index in [2.05, 4.69) is 6.92 Å². The number of hydrogen-bond donors (Lipinski definition) is 2. The van der Waals surface area contributed by atoms with Gasteiger partial charge in [-0.2, -0.15) is 0 Å². The Bertz CT molecular complexity index is 703. The highest BCUT2D eigenvalue weighted by Crippen LogP contribution is 2.68. The van der Waals surface area contributed by atoms with Gasteiger partial charge in [-0.05, 0) is 87.5 Å². The Hall–Kier alpha value is -0.650. The second-order valence-corrected chi connectivity index (χ2v) is 11.4. The van der Waals surface area contributed by atoms with Gasteiger partial charge in [0.2, 0.25) is 0 Å². The maximum Gasteiger partial charge on any atom is 0.186 e. The number of allylic oxidation sites excluding steroid dienone is 1. The summed E-state index contributed by atoms with van der Waals surface area (Å²) >= 11 is 1.48. The van der Waals surface area contributed by atoms with Crippen molar-refractivity contribution in [1.82, 2.24) is 0 Å². The van der Waals surface area contributed by atoms with Gasteiger partial charge in [-0.3, -0.25) is 9.59 Å². The highest BCUT2D eigenvalue weighted by atomic mass is 32.2. The van der Waals surface area contributed by atoms with E-state index < -0.39 is 5.60 Å². The molecule has 162 valence electrons. The number of aliphatic hydroxyl groups is 2. The van der Waals surface area contributed by atoms with Crippen molar-refractivity contribution in [3.8, 4) is 0 Å². The van der Waals surface area contributed by atoms with Crippen molar-refractivity contribution in [3.05, 3.63) is 11.6 Å². The molecule has 0 amide bonds. The molecular formula is C24H36O4S. The Labute approximate surface area is 178 Å². The summed E-state index contributed by atoms with van der Waals surface area (Å²) in [6, 6.07) is 0. The molecule has 4 rings (SSSR count). The number of carbonyl (C=O) groups is 2. The highest BCUT2D eigenvalue weighted by molar-refractivity contribution is 8.14. The number of fused-ring (bicyclic) bond motifs is 5. The monoisotopic (exact) mass is 420 g/mol. The van der Waals surface area contributed by atoms with Gasteiger partial charge in [-0.25, -0.2) is 0 Å². The number of hydrogen-bond acceptors (Lipinski definition) is 5. The van der Waals surface area contributed by atoms with Crippen molar-refractivity contribution in [2.75, 3.05) is 6.61 Å². The Kier molecular flexibility index (Phi) is 6.04. The molecule has 0 aliphatic heterocycles. The zero-order valence-electron chi connectivity index (χ0n) is 17.9. The Balaban J connectivity index is 1.70. The third-order valence-electron chi connectivity index (χ3n) is 8.99. The van der Waals surface area contributed by atoms with Crippen LogP contribution in [-0.2, 0) is 9.59 Å². The maximum absolute atomic E-state index is 12.1. The van der Waals surface area contributed by atoms with Gasteiger partial charge in [0, 0.05) is 30.6 Å². The number of carbonyl (C=O) groups excluding carboxylic acids is 2. The number of aliphatic hydroxyl groups excluding tert-OH is 1. The molecule has 5 heteroatoms. The van der Waals surface area contributed by atoms with Crippen LogP contribution in [0.3, 0.4) is 0 Å². The predicted octanol–water partition coefficient (Wildman–Crippen LogP) is 4.28. The fourth-order valence-electron chi connectivity index (χ4n) is 7.95. The zero-order chi connectivity index (χ0) is 20.8. The largest absolute Gasteiger partial charge is 0.396 e. The first-order valence-electron chi connectivity index (χ1n) is 11.6. The first-order valence-corrected chi connectivity index (χ1v) is 12.5. The molecule has 4 nitrogen and oxygen atoms in total. The van der Waals surface area contributed by atoms with Crippen molar-refractivity contribution in [1.29, 1.82) is 0 Å². The van der Waals surface area contributed by atoms with E-state index in [1.807, 2.05) is 6.08 Å². The molecule has 0 bridgehead atoms. The molecule has 0 spiro atoms. The maximum atomic E-state index is 12.1. The molecule has 0 aromatic heterocycles. The lowest BCUT2D eigenvalue weighted by Gasteiger charge is -2.58. The van der Waals surface area contributed by atoms with E-state index in [-0.39, 0.29) is 28.2 Å². The van der Waals surface area contributed by atoms with Crippen LogP contribution in [0.5, 0.6) is 0 Å². The Morgan fingerprint density at radius 2 is 2.07 bits per heavy atom. The fraction of sp³-hybridized carbons (Fsp3) is 0.833. The molecule has 0 heterocycles. The quantitative estimate of drug-likeness (QED) is 0.694. The smallest absolute Gasteiger partial charge is 0.186 e. The van der Waals surface area contributed by atoms with E-state index in [0.29, 0.717) is 42.9 Å². The molecule has 4 aliphatic carbocycles. The molecule has 7 atom stereocenters. The van der Waals surface area contributed by atoms with Crippen molar-refractivity contribution in [2.24, 2.45) is 29.1 Å². The van der Waals surface area contributed by atoms with Gasteiger partial charge in [-0.1, -0.05) is 24.3 Å². The van der Waals surface area contributed by atoms with Crippen molar-refractivity contribution < 1.29 is 19.8 Å². The van der Waals surface area contributed by atoms with Crippen molar-refractivity contribution in [2.45, 2.75) is 88.9 Å². The molecule has 0 unspecified atom stereocenters. The molecule has 0 radical (unpaired) electrons. The third kappa shape index (κ3) is 3.45. The molecule has 3 fully saturated rings. The van der Waals surface area contributed by atoms with E-state index in [1.54, 1.807) is 6.92 Å². The average Bonchev–Trinajstić information content (AvgIpc) is 2.99. The SMILES string of the molecule is CC[C@]12CC[C@H]3[C@@H]([C@H](SC(C)=O)CC4=CC(=O)CC[C@@H]43)[C@@H]1CC[C@@]2(O)CCCO. The molecule has 0 aromatic carbocycles. The van der Waals surface area contributed by atoms with Crippen LogP contribution < -0.4 is 0 Å². The normalized spacial score (nSPS) is 43.9. The second kappa shape index (κ2) is 8.12. The summed E-state index contributed by atoms with van der Waals surface area (Å²) in [4.78, 5) is 24.2. The Morgan fingerprint density at radius 1 is 1.28 bits per heavy atom. The number of thioether (sulfide) groups is 1. The summed E-state index contributed by atoms with van der Waals surface area (Å²) < 4.78 is 0. The standard InChI is InChI=1S/C24H36O4S/c1-3-23-10-7-19-18-6-5-17(27)13-16(18)14-21(29-15(2)26)22(19)20(23)8-11-24(23,28)9-4-12-25/h13,18-22,25,28H,3-12,14H2,1-2H3/t18-,19+,20-,21+,22+,23-,24-/m0/s1. The molecule has 29 heavy (non-hydrogen) atoms. The topological polar surface area (TPSA) is 74.6 Å². The van der Waals surface area contributed by atoms with Crippen LogP contribution >= 0.6 is 11.8 Å². The lowest BCUT2D eigenvalue weighted by molar-refractivity contribution is -0.135. The Morgan fingerprint density at radius 3 is 2.76 bits per heavy atom. The predicted molar refractivity (Wildman–Crippen MR) is 115 cm³/mol. The summed E-state index contributed by atoms with van der Waals surface area (Å²) in [5.41, 5.74) is 0.508. The minimum atomic E-state index is -0.690. The van der Waals surface area contributed by atoms with Gasteiger partial charge >= 0.3 is 0 Å². The molecule has 2 N–H and O–H groups in total. The van der Waals surface area contributed by atoms with E-state index in [4.69, 9.17) is 0 Å². The van der Waals surface area contributed by atoms with E-state index in [0.717, 1.165) is 44.9 Å². The third-order valence-corrected chi connectivity index (χ3v) is 10.1. The first kappa shape index (κ1) is 21.6. The minimum absolute atomic E-state index is 0.0926. The van der Waals surface area contributed by atoms with Gasteiger partial charge in [0.25, 0.3) is 0 Å².